The van der Waals surface area contributed by atoms with E-state index in [0.717, 1.165) is 97.9 Å². The lowest BCUT2D eigenvalue weighted by molar-refractivity contribution is 0.0291. The van der Waals surface area contributed by atoms with Crippen LogP contribution in [0.3, 0.4) is 0 Å². The fourth-order valence-electron chi connectivity index (χ4n) is 10.1. The minimum Gasteiger partial charge on any atom is -0.442 e. The van der Waals surface area contributed by atoms with E-state index < -0.39 is 46.0 Å². The van der Waals surface area contributed by atoms with Gasteiger partial charge in [0.1, 0.15) is 5.56 Å². The molecule has 0 bridgehead atoms. The molecule has 3 aromatic rings. The van der Waals surface area contributed by atoms with Crippen molar-refractivity contribution in [1.82, 2.24) is 10.6 Å². The fourth-order valence-corrected chi connectivity index (χ4v) is 10.1. The number of rotatable bonds is 12. The van der Waals surface area contributed by atoms with Crippen molar-refractivity contribution in [2.24, 2.45) is 10.8 Å². The lowest BCUT2D eigenvalue weighted by Gasteiger charge is -2.36. The van der Waals surface area contributed by atoms with Crippen molar-refractivity contribution in [3.8, 4) is 0 Å². The van der Waals surface area contributed by atoms with Crippen LogP contribution in [-0.4, -0.2) is 18.1 Å². The number of halogens is 4. The number of hydrogen-bond acceptors (Lipinski definition) is 4. The van der Waals surface area contributed by atoms with Gasteiger partial charge in [0, 0.05) is 34.6 Å². The van der Waals surface area contributed by atoms with Gasteiger partial charge in [0.25, 0.3) is 0 Å². The summed E-state index contributed by atoms with van der Waals surface area (Å²) in [6, 6.07) is 19.6. The molecular weight excluding hydrogens is 785 g/mol. The van der Waals surface area contributed by atoms with E-state index in [1.54, 1.807) is 12.2 Å². The molecule has 4 nitrogen and oxygen atoms in total. The summed E-state index contributed by atoms with van der Waals surface area (Å²) in [5, 5.41) is 7.84. The quantitative estimate of drug-likeness (QED) is 0.0825. The Labute approximate surface area is 365 Å². The highest BCUT2D eigenvalue weighted by Gasteiger charge is 2.51. The molecule has 2 fully saturated rings. The first-order valence-corrected chi connectivity index (χ1v) is 22.9. The van der Waals surface area contributed by atoms with Crippen molar-refractivity contribution < 1.29 is 27.1 Å². The fraction of sp³-hybridized carbons (Fsp3) is 0.426. The third-order valence-corrected chi connectivity index (χ3v) is 14.3. The third-order valence-electron chi connectivity index (χ3n) is 14.3. The van der Waals surface area contributed by atoms with Crippen LogP contribution in [0.15, 0.2) is 120 Å². The maximum Gasteiger partial charge on any atom is 0.343 e. The zero-order chi connectivity index (χ0) is 43.6. The Morgan fingerprint density at radius 1 is 0.629 bits per heavy atom. The molecule has 2 unspecified atom stereocenters. The topological polar surface area (TPSA) is 50.4 Å². The van der Waals surface area contributed by atoms with Crippen molar-refractivity contribution in [3.63, 3.8) is 0 Å². The summed E-state index contributed by atoms with van der Waals surface area (Å²) in [5.41, 5.74) is 2.04. The van der Waals surface area contributed by atoms with Gasteiger partial charge in [0.2, 0.25) is 0 Å². The predicted molar refractivity (Wildman–Crippen MR) is 241 cm³/mol. The molecule has 3 aromatic carbocycles. The highest BCUT2D eigenvalue weighted by Crippen LogP contribution is 2.50. The lowest BCUT2D eigenvalue weighted by Crippen LogP contribution is -2.35. The minimum absolute atomic E-state index is 0.156. The van der Waals surface area contributed by atoms with Gasteiger partial charge in [-0.2, -0.15) is 0 Å². The number of fused-ring (bicyclic) bond motifs is 1. The molecule has 1 aliphatic heterocycles. The van der Waals surface area contributed by atoms with Crippen LogP contribution in [0.2, 0.25) is 0 Å². The van der Waals surface area contributed by atoms with Crippen molar-refractivity contribution in [2.75, 3.05) is 0 Å². The average molecular weight is 845 g/mol. The van der Waals surface area contributed by atoms with Crippen LogP contribution in [0.4, 0.5) is 17.6 Å². The highest BCUT2D eigenvalue weighted by atomic mass is 19.2. The first kappa shape index (κ1) is 43.5. The Kier molecular flexibility index (Phi) is 12.6. The molecule has 0 spiro atoms. The number of carbonyl (C=O) groups excluding carboxylic acids is 1. The summed E-state index contributed by atoms with van der Waals surface area (Å²) in [4.78, 5) is 14.2. The van der Waals surface area contributed by atoms with Gasteiger partial charge in [0.05, 0.1) is 5.56 Å². The van der Waals surface area contributed by atoms with Crippen LogP contribution in [0.1, 0.15) is 145 Å². The van der Waals surface area contributed by atoms with Crippen LogP contribution in [0.5, 0.6) is 0 Å². The summed E-state index contributed by atoms with van der Waals surface area (Å²) >= 11 is 0. The molecule has 0 saturated heterocycles. The summed E-state index contributed by atoms with van der Waals surface area (Å²) in [6.07, 6.45) is 26.0. The second kappa shape index (κ2) is 17.9. The summed E-state index contributed by atoms with van der Waals surface area (Å²) in [5.74, 6) is -8.78. The molecule has 4 aliphatic carbocycles. The maximum atomic E-state index is 16.9. The SMILES string of the molecule is CCC1(C)C=CC(C(=CC2(C=C(C3=C(NC4CCCCC4)CC(C)(CC)C=C3)c3ccccc3)OC(=O)c3c(F)c(F)c(F)c(F)c32)c2ccccc2)=C(NC2CCCCC2)C1. The number of allylic oxidation sites excluding steroid dienone is 10. The molecule has 2 N–H and O–H groups in total. The van der Waals surface area contributed by atoms with Crippen LogP contribution < -0.4 is 10.6 Å². The smallest absolute Gasteiger partial charge is 0.343 e. The molecule has 0 aromatic heterocycles. The van der Waals surface area contributed by atoms with E-state index in [-0.39, 0.29) is 22.9 Å². The number of hydrogen-bond donors (Lipinski definition) is 2. The average Bonchev–Trinajstić information content (AvgIpc) is 3.58. The zero-order valence-electron chi connectivity index (χ0n) is 36.6. The third kappa shape index (κ3) is 8.63. The second-order valence-corrected chi connectivity index (χ2v) is 18.8. The van der Waals surface area contributed by atoms with Gasteiger partial charge in [0.15, 0.2) is 28.9 Å². The number of cyclic esters (lactones) is 1. The molecule has 5 aliphatic rings. The van der Waals surface area contributed by atoms with Gasteiger partial charge in [-0.15, -0.1) is 0 Å². The van der Waals surface area contributed by atoms with E-state index in [1.165, 1.54) is 12.8 Å². The highest BCUT2D eigenvalue weighted by molar-refractivity contribution is 5.98. The van der Waals surface area contributed by atoms with Crippen LogP contribution >= 0.6 is 0 Å². The lowest BCUT2D eigenvalue weighted by atomic mass is 9.74. The normalized spacial score (nSPS) is 26.2. The van der Waals surface area contributed by atoms with Crippen LogP contribution in [0.25, 0.3) is 11.1 Å². The maximum absolute atomic E-state index is 16.9. The number of benzene rings is 3. The standard InChI is InChI=1S/C54H60F4N2O2/c1-5-52(3)29-27-39(43(33-52)59-37-23-15-9-16-24-37)41(35-19-11-7-12-20-35)31-54(46-45(51(61)62-54)47(55)49(57)50(58)48(46)56)32-42(36-21-13-8-14-22-36)40-28-30-53(4,6-2)34-44(40)60-38-25-17-10-18-26-38/h7-8,11-14,19-22,27-32,37-38,59-60H,5-6,9-10,15-18,23-26,33-34H2,1-4H3. The van der Waals surface area contributed by atoms with E-state index in [0.29, 0.717) is 24.0 Å². The van der Waals surface area contributed by atoms with Gasteiger partial charge >= 0.3 is 5.97 Å². The Hall–Kier alpha value is -5.11. The molecule has 326 valence electrons. The molecule has 2 atom stereocenters. The molecule has 8 rings (SSSR count). The molecule has 0 radical (unpaired) electrons. The monoisotopic (exact) mass is 844 g/mol. The zero-order valence-corrected chi connectivity index (χ0v) is 36.6. The number of carbonyl (C=O) groups is 1. The molecule has 1 heterocycles. The summed E-state index contributed by atoms with van der Waals surface area (Å²) in [6.45, 7) is 8.79. The first-order valence-electron chi connectivity index (χ1n) is 22.9. The van der Waals surface area contributed by atoms with Crippen LogP contribution in [-0.2, 0) is 10.3 Å². The molecule has 8 heteroatoms. The minimum atomic E-state index is -2.24. The van der Waals surface area contributed by atoms with E-state index in [2.05, 4.69) is 62.6 Å². The number of esters is 1. The summed E-state index contributed by atoms with van der Waals surface area (Å²) < 4.78 is 70.3. The summed E-state index contributed by atoms with van der Waals surface area (Å²) in [7, 11) is 0. The van der Waals surface area contributed by atoms with Gasteiger partial charge in [-0.1, -0.05) is 151 Å². The van der Waals surface area contributed by atoms with Gasteiger partial charge in [-0.25, -0.2) is 22.4 Å². The second-order valence-electron chi connectivity index (χ2n) is 18.8. The Morgan fingerprint density at radius 2 is 1.05 bits per heavy atom. The Bertz CT molecular complexity index is 2240. The van der Waals surface area contributed by atoms with E-state index in [1.807, 2.05) is 60.7 Å². The molecular formula is C54H60F4N2O2. The van der Waals surface area contributed by atoms with Crippen molar-refractivity contribution >= 4 is 17.1 Å². The van der Waals surface area contributed by atoms with Crippen molar-refractivity contribution in [1.29, 1.82) is 0 Å². The van der Waals surface area contributed by atoms with Crippen molar-refractivity contribution in [3.05, 3.63) is 165 Å². The van der Waals surface area contributed by atoms with Gasteiger partial charge in [-0.05, 0) is 96.6 Å². The molecule has 62 heavy (non-hydrogen) atoms. The van der Waals surface area contributed by atoms with E-state index in [4.69, 9.17) is 4.74 Å². The van der Waals surface area contributed by atoms with Gasteiger partial charge < -0.3 is 15.4 Å². The van der Waals surface area contributed by atoms with Gasteiger partial charge in [-0.3, -0.25) is 0 Å². The predicted octanol–water partition coefficient (Wildman–Crippen LogP) is 13.9. The van der Waals surface area contributed by atoms with Crippen molar-refractivity contribution in [2.45, 2.75) is 135 Å². The van der Waals surface area contributed by atoms with Crippen LogP contribution in [0, 0.1) is 34.1 Å². The number of nitrogens with one attached hydrogen (secondary N) is 2. The molecule has 2 saturated carbocycles. The molecule has 0 amide bonds. The first-order chi connectivity index (χ1) is 29.9. The largest absolute Gasteiger partial charge is 0.442 e. The number of ether oxygens (including phenoxy) is 1. The Balaban J connectivity index is 1.45. The van der Waals surface area contributed by atoms with E-state index in [9.17, 15) is 4.79 Å². The van der Waals surface area contributed by atoms with E-state index >= 15 is 17.6 Å². The Morgan fingerprint density at radius 3 is 1.47 bits per heavy atom.